The van der Waals surface area contributed by atoms with Crippen LogP contribution in [0.2, 0.25) is 5.02 Å². The molecule has 2 aromatic carbocycles. The molecule has 6 heteroatoms. The minimum atomic E-state index is -0.294. The molecule has 3 N–H and O–H groups in total. The highest BCUT2D eigenvalue weighted by atomic mass is 35.5. The van der Waals surface area contributed by atoms with Crippen molar-refractivity contribution in [1.82, 2.24) is 10.6 Å². The van der Waals surface area contributed by atoms with Gasteiger partial charge in [-0.2, -0.15) is 0 Å². The SMILES string of the molecule is Cc1c(Cl)cccc1NC(=O)CNC(=O)CN[C@@H](c1ccccc1)C(C)C. The number of benzene rings is 2. The number of halogens is 1. The fraction of sp³-hybridized carbons (Fsp3) is 0.333. The Morgan fingerprint density at radius 2 is 1.67 bits per heavy atom. The Balaban J connectivity index is 1.81. The lowest BCUT2D eigenvalue weighted by Crippen LogP contribution is -2.40. The minimum Gasteiger partial charge on any atom is -0.346 e. The van der Waals surface area contributed by atoms with Gasteiger partial charge in [-0.25, -0.2) is 0 Å². The van der Waals surface area contributed by atoms with E-state index < -0.39 is 0 Å². The van der Waals surface area contributed by atoms with Crippen LogP contribution in [0.4, 0.5) is 5.69 Å². The zero-order chi connectivity index (χ0) is 19.8. The first kappa shape index (κ1) is 20.9. The van der Waals surface area contributed by atoms with Crippen molar-refractivity contribution in [3.05, 3.63) is 64.7 Å². The molecule has 0 radical (unpaired) electrons. The first-order valence-electron chi connectivity index (χ1n) is 8.98. The average Bonchev–Trinajstić information content (AvgIpc) is 2.64. The number of amides is 2. The second-order valence-electron chi connectivity index (χ2n) is 6.75. The van der Waals surface area contributed by atoms with Gasteiger partial charge >= 0.3 is 0 Å². The van der Waals surface area contributed by atoms with Crippen LogP contribution >= 0.6 is 11.6 Å². The maximum atomic E-state index is 12.1. The number of nitrogens with one attached hydrogen (secondary N) is 3. The van der Waals surface area contributed by atoms with Gasteiger partial charge in [0.25, 0.3) is 0 Å². The van der Waals surface area contributed by atoms with Gasteiger partial charge in [-0.15, -0.1) is 0 Å². The predicted octanol–water partition coefficient (Wildman–Crippen LogP) is 3.69. The summed E-state index contributed by atoms with van der Waals surface area (Å²) in [7, 11) is 0. The highest BCUT2D eigenvalue weighted by Gasteiger charge is 2.16. The Morgan fingerprint density at radius 1 is 0.963 bits per heavy atom. The number of hydrogen-bond acceptors (Lipinski definition) is 3. The van der Waals surface area contributed by atoms with Gasteiger partial charge in [0, 0.05) is 16.8 Å². The number of rotatable bonds is 8. The number of carbonyl (C=O) groups is 2. The Bertz CT molecular complexity index is 778. The number of anilines is 1. The van der Waals surface area contributed by atoms with E-state index in [0.29, 0.717) is 16.6 Å². The molecule has 27 heavy (non-hydrogen) atoms. The van der Waals surface area contributed by atoms with Crippen LogP contribution in [0, 0.1) is 12.8 Å². The quantitative estimate of drug-likeness (QED) is 0.647. The van der Waals surface area contributed by atoms with E-state index in [1.165, 1.54) is 0 Å². The van der Waals surface area contributed by atoms with Gasteiger partial charge in [0.05, 0.1) is 13.1 Å². The summed E-state index contributed by atoms with van der Waals surface area (Å²) in [6.07, 6.45) is 0. The zero-order valence-electron chi connectivity index (χ0n) is 15.9. The predicted molar refractivity (Wildman–Crippen MR) is 110 cm³/mol. The minimum absolute atomic E-state index is 0.0693. The fourth-order valence-corrected chi connectivity index (χ4v) is 2.95. The summed E-state index contributed by atoms with van der Waals surface area (Å²) >= 11 is 6.04. The third kappa shape index (κ3) is 6.38. The lowest BCUT2D eigenvalue weighted by atomic mass is 9.96. The van der Waals surface area contributed by atoms with E-state index in [4.69, 9.17) is 11.6 Å². The summed E-state index contributed by atoms with van der Waals surface area (Å²) in [6, 6.07) is 15.4. The van der Waals surface area contributed by atoms with Crippen molar-refractivity contribution in [3.63, 3.8) is 0 Å². The average molecular weight is 388 g/mol. The number of hydrogen-bond donors (Lipinski definition) is 3. The van der Waals surface area contributed by atoms with Gasteiger partial charge in [0.1, 0.15) is 0 Å². The summed E-state index contributed by atoms with van der Waals surface area (Å²) in [6.45, 7) is 6.08. The van der Waals surface area contributed by atoms with E-state index in [2.05, 4.69) is 29.8 Å². The molecule has 144 valence electrons. The van der Waals surface area contributed by atoms with Crippen LogP contribution in [0.3, 0.4) is 0 Å². The second-order valence-corrected chi connectivity index (χ2v) is 7.16. The van der Waals surface area contributed by atoms with E-state index in [-0.39, 0.29) is 30.9 Å². The third-order valence-corrected chi connectivity index (χ3v) is 4.71. The Hall–Kier alpha value is -2.37. The molecule has 0 unspecified atom stereocenters. The Morgan fingerprint density at radius 3 is 2.33 bits per heavy atom. The zero-order valence-corrected chi connectivity index (χ0v) is 16.6. The standard InChI is InChI=1S/C21H26ClN3O2/c1-14(2)21(16-8-5-4-6-9-16)24-12-19(26)23-13-20(27)25-18-11-7-10-17(22)15(18)3/h4-11,14,21,24H,12-13H2,1-3H3,(H,23,26)(H,25,27)/t21-/m1/s1. The van der Waals surface area contributed by atoms with Crippen molar-refractivity contribution in [3.8, 4) is 0 Å². The van der Waals surface area contributed by atoms with Gasteiger partial charge in [0.15, 0.2) is 0 Å². The van der Waals surface area contributed by atoms with Crippen LogP contribution in [0.15, 0.2) is 48.5 Å². The summed E-state index contributed by atoms with van der Waals surface area (Å²) in [5, 5.41) is 9.24. The Kier molecular flexibility index (Phi) is 7.82. The molecule has 1 atom stereocenters. The maximum absolute atomic E-state index is 12.1. The van der Waals surface area contributed by atoms with Crippen LogP contribution in [0.5, 0.6) is 0 Å². The topological polar surface area (TPSA) is 70.2 Å². The van der Waals surface area contributed by atoms with Gasteiger partial charge in [-0.1, -0.05) is 61.8 Å². The van der Waals surface area contributed by atoms with Crippen molar-refractivity contribution in [2.24, 2.45) is 5.92 Å². The molecule has 0 aliphatic rings. The summed E-state index contributed by atoms with van der Waals surface area (Å²) in [5.41, 5.74) is 2.57. The van der Waals surface area contributed by atoms with E-state index in [1.54, 1.807) is 18.2 Å². The van der Waals surface area contributed by atoms with Crippen molar-refractivity contribution in [2.45, 2.75) is 26.8 Å². The highest BCUT2D eigenvalue weighted by Crippen LogP contribution is 2.23. The van der Waals surface area contributed by atoms with Gasteiger partial charge < -0.3 is 16.0 Å². The van der Waals surface area contributed by atoms with E-state index in [0.717, 1.165) is 11.1 Å². The normalized spacial score (nSPS) is 11.9. The molecular formula is C21H26ClN3O2. The molecule has 5 nitrogen and oxygen atoms in total. The van der Waals surface area contributed by atoms with Gasteiger partial charge in [-0.05, 0) is 36.1 Å². The fourth-order valence-electron chi connectivity index (χ4n) is 2.78. The largest absolute Gasteiger partial charge is 0.346 e. The molecule has 2 aromatic rings. The smallest absolute Gasteiger partial charge is 0.243 e. The van der Waals surface area contributed by atoms with Crippen molar-refractivity contribution in [1.29, 1.82) is 0 Å². The Labute approximate surface area is 165 Å². The van der Waals surface area contributed by atoms with Gasteiger partial charge in [0.2, 0.25) is 11.8 Å². The molecule has 0 aliphatic carbocycles. The third-order valence-electron chi connectivity index (χ3n) is 4.30. The van der Waals surface area contributed by atoms with Gasteiger partial charge in [-0.3, -0.25) is 9.59 Å². The molecule has 0 bridgehead atoms. The van der Waals surface area contributed by atoms with E-state index >= 15 is 0 Å². The molecule has 0 aliphatic heterocycles. The highest BCUT2D eigenvalue weighted by molar-refractivity contribution is 6.31. The monoisotopic (exact) mass is 387 g/mol. The van der Waals surface area contributed by atoms with Crippen LogP contribution in [0.1, 0.15) is 31.0 Å². The first-order chi connectivity index (χ1) is 12.9. The second kappa shape index (κ2) is 10.1. The van der Waals surface area contributed by atoms with E-state index in [9.17, 15) is 9.59 Å². The maximum Gasteiger partial charge on any atom is 0.243 e. The number of carbonyl (C=O) groups excluding carboxylic acids is 2. The molecule has 2 rings (SSSR count). The van der Waals surface area contributed by atoms with Crippen molar-refractivity contribution >= 4 is 29.1 Å². The molecular weight excluding hydrogens is 362 g/mol. The van der Waals surface area contributed by atoms with E-state index in [1.807, 2.05) is 37.3 Å². The van der Waals surface area contributed by atoms with Crippen LogP contribution in [0.25, 0.3) is 0 Å². The molecule has 2 amide bonds. The molecule has 0 aromatic heterocycles. The molecule has 0 fully saturated rings. The lowest BCUT2D eigenvalue weighted by molar-refractivity contribution is -0.123. The molecule has 0 saturated carbocycles. The first-order valence-corrected chi connectivity index (χ1v) is 9.36. The molecule has 0 spiro atoms. The summed E-state index contributed by atoms with van der Waals surface area (Å²) < 4.78 is 0. The summed E-state index contributed by atoms with van der Waals surface area (Å²) in [5.74, 6) is -0.193. The summed E-state index contributed by atoms with van der Waals surface area (Å²) in [4.78, 5) is 24.2. The van der Waals surface area contributed by atoms with Crippen LogP contribution in [-0.4, -0.2) is 24.9 Å². The van der Waals surface area contributed by atoms with Crippen molar-refractivity contribution in [2.75, 3.05) is 18.4 Å². The van der Waals surface area contributed by atoms with Crippen molar-refractivity contribution < 1.29 is 9.59 Å². The molecule has 0 heterocycles. The van der Waals surface area contributed by atoms with Crippen LogP contribution in [-0.2, 0) is 9.59 Å². The molecule has 0 saturated heterocycles. The van der Waals surface area contributed by atoms with Crippen LogP contribution < -0.4 is 16.0 Å². The lowest BCUT2D eigenvalue weighted by Gasteiger charge is -2.22.